The maximum Gasteiger partial charge on any atom is 0.437 e. The number of para-hydroxylation sites is 1. The first kappa shape index (κ1) is 15.4. The average Bonchev–Trinajstić information content (AvgIpc) is 3.14. The largest absolute Gasteiger partial charge is 0.459 e. The van der Waals surface area contributed by atoms with Gasteiger partial charge in [-0.05, 0) is 24.3 Å². The molecule has 0 radical (unpaired) electrons. The molecule has 0 saturated heterocycles. The Morgan fingerprint density at radius 1 is 1.22 bits per heavy atom. The monoisotopic (exact) mass is 353 g/mol. The molecule has 0 saturated carbocycles. The van der Waals surface area contributed by atoms with E-state index >= 15 is 0 Å². The molecule has 0 fully saturated rings. The fourth-order valence-electron chi connectivity index (χ4n) is 1.84. The summed E-state index contributed by atoms with van der Waals surface area (Å²) < 4.78 is 10.9. The second-order valence-electron chi connectivity index (χ2n) is 4.45. The first-order valence-electron chi connectivity index (χ1n) is 6.40. The van der Waals surface area contributed by atoms with Crippen molar-refractivity contribution >= 4 is 34.8 Å². The Hall–Kier alpha value is -2.51. The molecular weight excluding hydrogens is 345 g/mol. The van der Waals surface area contributed by atoms with Crippen LogP contribution in [0.2, 0.25) is 10.0 Å². The summed E-state index contributed by atoms with van der Waals surface area (Å²) in [5.74, 6) is -1.03. The predicted octanol–water partition coefficient (Wildman–Crippen LogP) is 3.04. The molecule has 2 heterocycles. The van der Waals surface area contributed by atoms with E-state index in [0.29, 0.717) is 0 Å². The van der Waals surface area contributed by atoms with Crippen molar-refractivity contribution < 1.29 is 13.6 Å². The highest BCUT2D eigenvalue weighted by Crippen LogP contribution is 2.29. The molecular formula is C14H9Cl2N3O4. The van der Waals surface area contributed by atoms with Crippen LogP contribution in [-0.4, -0.2) is 15.7 Å². The normalized spacial score (nSPS) is 10.7. The van der Waals surface area contributed by atoms with Gasteiger partial charge in [0, 0.05) is 0 Å². The zero-order chi connectivity index (χ0) is 16.4. The number of amides is 1. The van der Waals surface area contributed by atoms with Crippen molar-refractivity contribution in [2.75, 3.05) is 5.32 Å². The molecule has 23 heavy (non-hydrogen) atoms. The van der Waals surface area contributed by atoms with E-state index in [4.69, 9.17) is 32.0 Å². The third kappa shape index (κ3) is 3.30. The van der Waals surface area contributed by atoms with Crippen LogP contribution >= 0.6 is 23.2 Å². The first-order chi connectivity index (χ1) is 11.0. The summed E-state index contributed by atoms with van der Waals surface area (Å²) in [4.78, 5) is 23.8. The van der Waals surface area contributed by atoms with Crippen molar-refractivity contribution in [3.05, 3.63) is 57.2 Å². The van der Waals surface area contributed by atoms with E-state index in [-0.39, 0.29) is 33.9 Å². The number of anilines is 1. The van der Waals surface area contributed by atoms with E-state index in [0.717, 1.165) is 4.68 Å². The smallest absolute Gasteiger partial charge is 0.437 e. The SMILES string of the molecule is O=C(Cn1nc(-c2ccco2)oc1=O)Nc1c(Cl)cccc1Cl. The third-order valence-electron chi connectivity index (χ3n) is 2.86. The van der Waals surface area contributed by atoms with Gasteiger partial charge in [0.25, 0.3) is 5.89 Å². The molecule has 0 spiro atoms. The molecule has 9 heteroatoms. The molecule has 7 nitrogen and oxygen atoms in total. The fourth-order valence-corrected chi connectivity index (χ4v) is 2.33. The van der Waals surface area contributed by atoms with Crippen LogP contribution in [0.3, 0.4) is 0 Å². The van der Waals surface area contributed by atoms with Crippen LogP contribution in [0.5, 0.6) is 0 Å². The molecule has 1 N–H and O–H groups in total. The molecule has 0 unspecified atom stereocenters. The number of furan rings is 1. The minimum Gasteiger partial charge on any atom is -0.459 e. The van der Waals surface area contributed by atoms with Gasteiger partial charge in [-0.3, -0.25) is 4.79 Å². The van der Waals surface area contributed by atoms with Crippen molar-refractivity contribution in [3.63, 3.8) is 0 Å². The molecule has 2 aromatic heterocycles. The van der Waals surface area contributed by atoms with Crippen LogP contribution in [0.15, 0.2) is 50.2 Å². The lowest BCUT2D eigenvalue weighted by atomic mass is 10.3. The van der Waals surface area contributed by atoms with Crippen LogP contribution in [0.4, 0.5) is 5.69 Å². The van der Waals surface area contributed by atoms with E-state index in [2.05, 4.69) is 10.4 Å². The standard InChI is InChI=1S/C14H9Cl2N3O4/c15-8-3-1-4-9(16)12(8)17-11(20)7-19-14(21)23-13(18-19)10-5-2-6-22-10/h1-6H,7H2,(H,17,20). The van der Waals surface area contributed by atoms with Gasteiger partial charge >= 0.3 is 5.76 Å². The number of benzene rings is 1. The fraction of sp³-hybridized carbons (Fsp3) is 0.0714. The number of carbonyl (C=O) groups is 1. The van der Waals surface area contributed by atoms with Gasteiger partial charge in [-0.2, -0.15) is 4.68 Å². The second-order valence-corrected chi connectivity index (χ2v) is 5.27. The number of hydrogen-bond acceptors (Lipinski definition) is 5. The Kier molecular flexibility index (Phi) is 4.22. The van der Waals surface area contributed by atoms with Crippen LogP contribution in [0.1, 0.15) is 0 Å². The molecule has 1 amide bonds. The van der Waals surface area contributed by atoms with Crippen LogP contribution in [0, 0.1) is 0 Å². The second kappa shape index (κ2) is 6.31. The number of aromatic nitrogens is 2. The molecule has 1 aromatic carbocycles. The number of halogens is 2. The van der Waals surface area contributed by atoms with Gasteiger partial charge in [-0.25, -0.2) is 4.79 Å². The third-order valence-corrected chi connectivity index (χ3v) is 3.49. The maximum atomic E-state index is 12.0. The zero-order valence-corrected chi connectivity index (χ0v) is 13.0. The van der Waals surface area contributed by atoms with Crippen molar-refractivity contribution in [3.8, 4) is 11.7 Å². The molecule has 0 atom stereocenters. The number of rotatable bonds is 4. The molecule has 0 bridgehead atoms. The Labute approximate surface area is 139 Å². The summed E-state index contributed by atoms with van der Waals surface area (Å²) in [6, 6.07) is 8.03. The topological polar surface area (TPSA) is 90.3 Å². The van der Waals surface area contributed by atoms with E-state index in [9.17, 15) is 9.59 Å². The van der Waals surface area contributed by atoms with Gasteiger partial charge in [-0.15, -0.1) is 5.10 Å². The van der Waals surface area contributed by atoms with E-state index in [1.165, 1.54) is 6.26 Å². The minimum atomic E-state index is -0.781. The Balaban J connectivity index is 1.77. The summed E-state index contributed by atoms with van der Waals surface area (Å²) >= 11 is 11.9. The molecule has 3 rings (SSSR count). The van der Waals surface area contributed by atoms with Crippen LogP contribution in [-0.2, 0) is 11.3 Å². The highest BCUT2D eigenvalue weighted by atomic mass is 35.5. The van der Waals surface area contributed by atoms with Gasteiger partial charge in [-0.1, -0.05) is 29.3 Å². The van der Waals surface area contributed by atoms with E-state index in [1.54, 1.807) is 30.3 Å². The minimum absolute atomic E-state index is 0.0106. The lowest BCUT2D eigenvalue weighted by Gasteiger charge is -2.08. The maximum absolute atomic E-state index is 12.0. The van der Waals surface area contributed by atoms with Gasteiger partial charge < -0.3 is 14.2 Å². The highest BCUT2D eigenvalue weighted by molar-refractivity contribution is 6.39. The van der Waals surface area contributed by atoms with Crippen molar-refractivity contribution in [2.24, 2.45) is 0 Å². The van der Waals surface area contributed by atoms with Gasteiger partial charge in [0.05, 0.1) is 22.0 Å². The molecule has 0 aliphatic rings. The van der Waals surface area contributed by atoms with Gasteiger partial charge in [0.15, 0.2) is 5.76 Å². The summed E-state index contributed by atoms with van der Waals surface area (Å²) in [5.41, 5.74) is 0.267. The first-order valence-corrected chi connectivity index (χ1v) is 7.16. The Morgan fingerprint density at radius 3 is 2.61 bits per heavy atom. The summed E-state index contributed by atoms with van der Waals surface area (Å²) in [7, 11) is 0. The van der Waals surface area contributed by atoms with E-state index in [1.807, 2.05) is 0 Å². The zero-order valence-electron chi connectivity index (χ0n) is 11.5. The molecule has 118 valence electrons. The lowest BCUT2D eigenvalue weighted by Crippen LogP contribution is -2.26. The van der Waals surface area contributed by atoms with Crippen molar-refractivity contribution in [1.29, 1.82) is 0 Å². The number of carbonyl (C=O) groups excluding carboxylic acids is 1. The number of nitrogens with one attached hydrogen (secondary N) is 1. The predicted molar refractivity (Wildman–Crippen MR) is 83.6 cm³/mol. The Bertz CT molecular complexity index is 879. The molecule has 3 aromatic rings. The summed E-state index contributed by atoms with van der Waals surface area (Å²) in [6.45, 7) is -0.357. The van der Waals surface area contributed by atoms with E-state index < -0.39 is 11.7 Å². The van der Waals surface area contributed by atoms with Crippen LogP contribution < -0.4 is 11.1 Å². The molecule has 0 aliphatic heterocycles. The Morgan fingerprint density at radius 2 is 1.96 bits per heavy atom. The number of nitrogens with zero attached hydrogens (tertiary/aromatic N) is 2. The summed E-state index contributed by atoms with van der Waals surface area (Å²) in [6.07, 6.45) is 1.42. The van der Waals surface area contributed by atoms with Gasteiger partial charge in [0.2, 0.25) is 5.91 Å². The lowest BCUT2D eigenvalue weighted by molar-refractivity contribution is -0.117. The van der Waals surface area contributed by atoms with Crippen molar-refractivity contribution in [2.45, 2.75) is 6.54 Å². The number of hydrogen-bond donors (Lipinski definition) is 1. The highest BCUT2D eigenvalue weighted by Gasteiger charge is 2.16. The average molecular weight is 354 g/mol. The van der Waals surface area contributed by atoms with Crippen molar-refractivity contribution in [1.82, 2.24) is 9.78 Å². The molecule has 0 aliphatic carbocycles. The summed E-state index contributed by atoms with van der Waals surface area (Å²) in [5, 5.41) is 7.00. The van der Waals surface area contributed by atoms with Crippen LogP contribution in [0.25, 0.3) is 11.7 Å². The van der Waals surface area contributed by atoms with Gasteiger partial charge in [0.1, 0.15) is 6.54 Å². The quantitative estimate of drug-likeness (QED) is 0.778.